The molecule has 0 unspecified atom stereocenters. The van der Waals surface area contributed by atoms with E-state index in [2.05, 4.69) is 15.6 Å². The Bertz CT molecular complexity index is 876. The Hall–Kier alpha value is -3.69. The average Bonchev–Trinajstić information content (AvgIpc) is 2.72. The number of nitrogens with one attached hydrogen (secondary N) is 2. The molecule has 0 heterocycles. The summed E-state index contributed by atoms with van der Waals surface area (Å²) in [6, 6.07) is 11.6. The number of alkyl halides is 2. The Kier molecular flexibility index (Phi) is 7.47. The van der Waals surface area contributed by atoms with Crippen LogP contribution in [0.1, 0.15) is 27.6 Å². The molecule has 2 amide bonds. The number of carbonyl (C=O) groups is 3. The lowest BCUT2D eigenvalue weighted by Crippen LogP contribution is -2.46. The van der Waals surface area contributed by atoms with Gasteiger partial charge in [-0.3, -0.25) is 20.4 Å². The fraction of sp³-hybridized carbons (Fsp3) is 0.211. The summed E-state index contributed by atoms with van der Waals surface area (Å²) in [6.45, 7) is -1.76. The summed E-state index contributed by atoms with van der Waals surface area (Å²) in [5.74, 6) is -2.58. The number of halogens is 2. The zero-order valence-corrected chi connectivity index (χ0v) is 15.5. The topological polar surface area (TPSA) is 103 Å². The van der Waals surface area contributed by atoms with Gasteiger partial charge in [0.2, 0.25) is 0 Å². The number of rotatable bonds is 7. The number of esters is 1. The fourth-order valence-electron chi connectivity index (χ4n) is 2.15. The molecule has 0 aliphatic rings. The average molecular weight is 408 g/mol. The Morgan fingerprint density at radius 3 is 2.24 bits per heavy atom. The molecule has 8 nitrogen and oxygen atoms in total. The van der Waals surface area contributed by atoms with Gasteiger partial charge >= 0.3 is 12.6 Å². The molecule has 154 valence electrons. The Balaban J connectivity index is 1.93. The van der Waals surface area contributed by atoms with Gasteiger partial charge in [-0.2, -0.15) is 8.78 Å². The van der Waals surface area contributed by atoms with Crippen molar-refractivity contribution in [2.45, 2.75) is 19.6 Å². The van der Waals surface area contributed by atoms with E-state index < -0.39 is 30.5 Å². The summed E-state index contributed by atoms with van der Waals surface area (Å²) in [5, 5.41) is 0. The van der Waals surface area contributed by atoms with Crippen molar-refractivity contribution in [3.63, 3.8) is 0 Å². The molecule has 2 aromatic rings. The summed E-state index contributed by atoms with van der Waals surface area (Å²) in [6.07, 6.45) is -1.25. The van der Waals surface area contributed by atoms with Gasteiger partial charge in [0.25, 0.3) is 11.8 Å². The maximum absolute atomic E-state index is 12.4. The van der Waals surface area contributed by atoms with Gasteiger partial charge < -0.3 is 14.2 Å². The van der Waals surface area contributed by atoms with Crippen LogP contribution >= 0.6 is 0 Å². The highest BCUT2D eigenvalue weighted by atomic mass is 19.3. The molecule has 2 aromatic carbocycles. The molecule has 0 fully saturated rings. The monoisotopic (exact) mass is 408 g/mol. The van der Waals surface area contributed by atoms with E-state index in [1.165, 1.54) is 20.1 Å². The summed E-state index contributed by atoms with van der Waals surface area (Å²) >= 11 is 0. The zero-order valence-electron chi connectivity index (χ0n) is 15.5. The number of methoxy groups -OCH3 is 1. The van der Waals surface area contributed by atoms with Crippen LogP contribution in [0.3, 0.4) is 0 Å². The summed E-state index contributed by atoms with van der Waals surface area (Å²) in [4.78, 5) is 36.1. The molecule has 0 saturated heterocycles. The predicted molar refractivity (Wildman–Crippen MR) is 96.6 cm³/mol. The molecule has 0 aliphatic carbocycles. The SMILES string of the molecule is COc1cc(C(=O)O[C@@H](C)C(=O)NNC(=O)c2ccccc2)ccc1OC(F)F. The third-order valence-corrected chi connectivity index (χ3v) is 3.60. The van der Waals surface area contributed by atoms with Crippen molar-refractivity contribution < 1.29 is 37.4 Å². The molecule has 0 aromatic heterocycles. The Morgan fingerprint density at radius 2 is 1.62 bits per heavy atom. The minimum atomic E-state index is -3.06. The number of hydrazine groups is 1. The number of amides is 2. The summed E-state index contributed by atoms with van der Waals surface area (Å²) in [7, 11) is 1.22. The molecule has 0 bridgehead atoms. The van der Waals surface area contributed by atoms with Crippen LogP contribution in [0.4, 0.5) is 8.78 Å². The van der Waals surface area contributed by atoms with Crippen molar-refractivity contribution in [3.05, 3.63) is 59.7 Å². The van der Waals surface area contributed by atoms with E-state index in [1.807, 2.05) is 0 Å². The van der Waals surface area contributed by atoms with Gasteiger partial charge in [-0.15, -0.1) is 0 Å². The van der Waals surface area contributed by atoms with E-state index in [-0.39, 0.29) is 17.1 Å². The van der Waals surface area contributed by atoms with Crippen molar-refractivity contribution >= 4 is 17.8 Å². The quantitative estimate of drug-likeness (QED) is 0.538. The second-order valence-corrected chi connectivity index (χ2v) is 5.60. The molecule has 0 saturated carbocycles. The maximum Gasteiger partial charge on any atom is 0.387 e. The van der Waals surface area contributed by atoms with Gasteiger partial charge in [-0.25, -0.2) is 4.79 Å². The molecular formula is C19H18F2N2O6. The lowest BCUT2D eigenvalue weighted by Gasteiger charge is -2.15. The van der Waals surface area contributed by atoms with Gasteiger partial charge in [-0.05, 0) is 37.3 Å². The van der Waals surface area contributed by atoms with E-state index >= 15 is 0 Å². The standard InChI is InChI=1S/C19H18F2N2O6/c1-11(16(24)22-23-17(25)12-6-4-3-5-7-12)28-18(26)13-8-9-14(29-19(20)21)15(10-13)27-2/h3-11,19H,1-2H3,(H,22,24)(H,23,25)/t11-/m0/s1. The number of benzene rings is 2. The van der Waals surface area contributed by atoms with Crippen LogP contribution in [0.25, 0.3) is 0 Å². The fourth-order valence-corrected chi connectivity index (χ4v) is 2.15. The van der Waals surface area contributed by atoms with Crippen LogP contribution in [0, 0.1) is 0 Å². The van der Waals surface area contributed by atoms with Gasteiger partial charge in [0, 0.05) is 5.56 Å². The highest BCUT2D eigenvalue weighted by molar-refractivity contribution is 5.96. The highest BCUT2D eigenvalue weighted by Crippen LogP contribution is 2.29. The van der Waals surface area contributed by atoms with Gasteiger partial charge in [0.15, 0.2) is 17.6 Å². The van der Waals surface area contributed by atoms with Crippen LogP contribution in [0.2, 0.25) is 0 Å². The van der Waals surface area contributed by atoms with Crippen molar-refractivity contribution in [2.75, 3.05) is 7.11 Å². The Morgan fingerprint density at radius 1 is 0.931 bits per heavy atom. The first-order chi connectivity index (χ1) is 13.8. The minimum Gasteiger partial charge on any atom is -0.493 e. The Labute approximate surface area is 164 Å². The minimum absolute atomic E-state index is 0.0450. The van der Waals surface area contributed by atoms with Crippen molar-refractivity contribution in [3.8, 4) is 11.5 Å². The van der Waals surface area contributed by atoms with Crippen molar-refractivity contribution in [1.82, 2.24) is 10.9 Å². The number of ether oxygens (including phenoxy) is 3. The normalized spacial score (nSPS) is 11.3. The van der Waals surface area contributed by atoms with Crippen LogP contribution in [-0.4, -0.2) is 37.6 Å². The highest BCUT2D eigenvalue weighted by Gasteiger charge is 2.21. The van der Waals surface area contributed by atoms with E-state index in [0.29, 0.717) is 5.56 Å². The lowest BCUT2D eigenvalue weighted by molar-refractivity contribution is -0.129. The number of carbonyl (C=O) groups excluding carboxylic acids is 3. The first kappa shape index (κ1) is 21.6. The van der Waals surface area contributed by atoms with E-state index in [4.69, 9.17) is 9.47 Å². The summed E-state index contributed by atoms with van der Waals surface area (Å²) in [5.41, 5.74) is 4.63. The molecule has 29 heavy (non-hydrogen) atoms. The molecule has 2 rings (SSSR count). The van der Waals surface area contributed by atoms with Crippen LogP contribution in [0.15, 0.2) is 48.5 Å². The summed E-state index contributed by atoms with van der Waals surface area (Å²) < 4.78 is 38.9. The molecule has 2 N–H and O–H groups in total. The smallest absolute Gasteiger partial charge is 0.387 e. The number of hydrogen-bond acceptors (Lipinski definition) is 6. The van der Waals surface area contributed by atoms with E-state index in [0.717, 1.165) is 12.1 Å². The van der Waals surface area contributed by atoms with E-state index in [1.54, 1.807) is 30.3 Å². The molecule has 1 atom stereocenters. The van der Waals surface area contributed by atoms with Gasteiger partial charge in [-0.1, -0.05) is 18.2 Å². The maximum atomic E-state index is 12.4. The van der Waals surface area contributed by atoms with Gasteiger partial charge in [0.05, 0.1) is 12.7 Å². The second kappa shape index (κ2) is 10.0. The molecule has 0 radical (unpaired) electrons. The van der Waals surface area contributed by atoms with Crippen molar-refractivity contribution in [2.24, 2.45) is 0 Å². The van der Waals surface area contributed by atoms with Crippen LogP contribution < -0.4 is 20.3 Å². The third kappa shape index (κ3) is 6.16. The largest absolute Gasteiger partial charge is 0.493 e. The van der Waals surface area contributed by atoms with Crippen LogP contribution in [0.5, 0.6) is 11.5 Å². The number of hydrogen-bond donors (Lipinski definition) is 2. The predicted octanol–water partition coefficient (Wildman–Crippen LogP) is 2.30. The first-order valence-electron chi connectivity index (χ1n) is 8.31. The molecule has 10 heteroatoms. The van der Waals surface area contributed by atoms with E-state index in [9.17, 15) is 23.2 Å². The second-order valence-electron chi connectivity index (χ2n) is 5.60. The third-order valence-electron chi connectivity index (χ3n) is 3.60. The lowest BCUT2D eigenvalue weighted by atomic mass is 10.2. The molecular weight excluding hydrogens is 390 g/mol. The molecule has 0 spiro atoms. The van der Waals surface area contributed by atoms with Gasteiger partial charge in [0.1, 0.15) is 0 Å². The molecule has 0 aliphatic heterocycles. The van der Waals surface area contributed by atoms with Crippen LogP contribution in [-0.2, 0) is 9.53 Å². The first-order valence-corrected chi connectivity index (χ1v) is 8.31. The zero-order chi connectivity index (χ0) is 21.4. The van der Waals surface area contributed by atoms with Crippen molar-refractivity contribution in [1.29, 1.82) is 0 Å².